The number of hydrogen-bond donors (Lipinski definition) is 1. The van der Waals surface area contributed by atoms with Crippen LogP contribution in [0.3, 0.4) is 0 Å². The van der Waals surface area contributed by atoms with Crippen LogP contribution in [0, 0.1) is 12.7 Å². The van der Waals surface area contributed by atoms with E-state index >= 15 is 0 Å². The summed E-state index contributed by atoms with van der Waals surface area (Å²) in [6.45, 7) is 2.24. The summed E-state index contributed by atoms with van der Waals surface area (Å²) in [6.07, 6.45) is 1.14. The van der Waals surface area contributed by atoms with E-state index in [1.165, 1.54) is 30.3 Å². The Labute approximate surface area is 128 Å². The zero-order valence-electron chi connectivity index (χ0n) is 11.7. The van der Waals surface area contributed by atoms with Crippen LogP contribution in [-0.2, 0) is 16.4 Å². The van der Waals surface area contributed by atoms with E-state index < -0.39 is 9.84 Å². The molecule has 0 heterocycles. The van der Waals surface area contributed by atoms with Crippen molar-refractivity contribution < 1.29 is 12.8 Å². The molecule has 0 saturated carbocycles. The fourth-order valence-corrected chi connectivity index (χ4v) is 2.72. The summed E-state index contributed by atoms with van der Waals surface area (Å²) in [5.41, 5.74) is 2.23. The maximum atomic E-state index is 13.2. The van der Waals surface area contributed by atoms with Gasteiger partial charge in [-0.05, 0) is 48.4 Å². The lowest BCUT2D eigenvalue weighted by molar-refractivity contribution is 0.602. The molecule has 2 aromatic carbocycles. The summed E-state index contributed by atoms with van der Waals surface area (Å²) in [5, 5.41) is 3.46. The molecule has 0 aliphatic carbocycles. The minimum absolute atomic E-state index is 0.186. The smallest absolute Gasteiger partial charge is 0.175 e. The average molecular weight is 328 g/mol. The fraction of sp³-hybridized carbons (Fsp3) is 0.200. The number of hydrogen-bond acceptors (Lipinski definition) is 3. The first kappa shape index (κ1) is 15.8. The molecule has 0 aliphatic rings. The van der Waals surface area contributed by atoms with Crippen LogP contribution in [0.4, 0.5) is 10.1 Å². The SMILES string of the molecule is Cc1ccc(F)cc1CNc1cc(S(C)(=O)=O)ccc1Cl. The van der Waals surface area contributed by atoms with Crippen molar-refractivity contribution in [2.24, 2.45) is 0 Å². The van der Waals surface area contributed by atoms with Crippen LogP contribution in [-0.4, -0.2) is 14.7 Å². The molecule has 0 aromatic heterocycles. The number of aryl methyl sites for hydroxylation is 1. The van der Waals surface area contributed by atoms with Crippen molar-refractivity contribution in [2.45, 2.75) is 18.4 Å². The molecule has 0 radical (unpaired) electrons. The molecule has 2 rings (SSSR count). The van der Waals surface area contributed by atoms with Crippen LogP contribution in [0.25, 0.3) is 0 Å². The van der Waals surface area contributed by atoms with Crippen LogP contribution >= 0.6 is 11.6 Å². The molecule has 112 valence electrons. The first-order valence-corrected chi connectivity index (χ1v) is 8.53. The maximum Gasteiger partial charge on any atom is 0.175 e. The number of benzene rings is 2. The summed E-state index contributed by atoms with van der Waals surface area (Å²) in [6, 6.07) is 8.99. The van der Waals surface area contributed by atoms with Gasteiger partial charge >= 0.3 is 0 Å². The molecule has 0 fully saturated rings. The van der Waals surface area contributed by atoms with Gasteiger partial charge in [-0.2, -0.15) is 0 Å². The van der Waals surface area contributed by atoms with E-state index in [1.54, 1.807) is 6.07 Å². The number of sulfone groups is 1. The molecule has 0 atom stereocenters. The van der Waals surface area contributed by atoms with Crippen molar-refractivity contribution in [1.82, 2.24) is 0 Å². The van der Waals surface area contributed by atoms with Gasteiger partial charge in [-0.25, -0.2) is 12.8 Å². The molecule has 0 saturated heterocycles. The largest absolute Gasteiger partial charge is 0.380 e. The molecular weight excluding hydrogens is 313 g/mol. The predicted molar refractivity (Wildman–Crippen MR) is 83.0 cm³/mol. The van der Waals surface area contributed by atoms with Crippen molar-refractivity contribution in [3.8, 4) is 0 Å². The van der Waals surface area contributed by atoms with Gasteiger partial charge in [0.15, 0.2) is 9.84 Å². The highest BCUT2D eigenvalue weighted by molar-refractivity contribution is 7.90. The van der Waals surface area contributed by atoms with Crippen LogP contribution in [0.15, 0.2) is 41.3 Å². The van der Waals surface area contributed by atoms with E-state index in [9.17, 15) is 12.8 Å². The lowest BCUT2D eigenvalue weighted by Crippen LogP contribution is -2.04. The van der Waals surface area contributed by atoms with Gasteiger partial charge in [-0.1, -0.05) is 17.7 Å². The monoisotopic (exact) mass is 327 g/mol. The molecule has 2 aromatic rings. The maximum absolute atomic E-state index is 13.2. The highest BCUT2D eigenvalue weighted by Crippen LogP contribution is 2.26. The normalized spacial score (nSPS) is 11.4. The third-order valence-electron chi connectivity index (χ3n) is 3.15. The van der Waals surface area contributed by atoms with Crippen molar-refractivity contribution in [2.75, 3.05) is 11.6 Å². The Morgan fingerprint density at radius 1 is 1.19 bits per heavy atom. The summed E-state index contributed by atoms with van der Waals surface area (Å²) < 4.78 is 36.3. The van der Waals surface area contributed by atoms with E-state index in [2.05, 4.69) is 5.32 Å². The molecular formula is C15H15ClFNO2S. The summed E-state index contributed by atoms with van der Waals surface area (Å²) in [5.74, 6) is -0.312. The number of anilines is 1. The van der Waals surface area contributed by atoms with E-state index in [1.807, 2.05) is 6.92 Å². The topological polar surface area (TPSA) is 46.2 Å². The Kier molecular flexibility index (Phi) is 4.54. The second-order valence-corrected chi connectivity index (χ2v) is 7.26. The third-order valence-corrected chi connectivity index (χ3v) is 4.59. The van der Waals surface area contributed by atoms with Gasteiger partial charge in [-0.15, -0.1) is 0 Å². The van der Waals surface area contributed by atoms with Crippen molar-refractivity contribution >= 4 is 27.1 Å². The number of rotatable bonds is 4. The van der Waals surface area contributed by atoms with Gasteiger partial charge in [0.05, 0.1) is 15.6 Å². The minimum atomic E-state index is -3.30. The van der Waals surface area contributed by atoms with E-state index in [0.717, 1.165) is 17.4 Å². The third kappa shape index (κ3) is 3.95. The Hall–Kier alpha value is -1.59. The lowest BCUT2D eigenvalue weighted by Gasteiger charge is -2.12. The van der Waals surface area contributed by atoms with Crippen LogP contribution in [0.1, 0.15) is 11.1 Å². The van der Waals surface area contributed by atoms with Crippen LogP contribution in [0.2, 0.25) is 5.02 Å². The Bertz CT molecular complexity index is 775. The molecule has 6 heteroatoms. The van der Waals surface area contributed by atoms with Gasteiger partial charge in [0, 0.05) is 12.8 Å². The fourth-order valence-electron chi connectivity index (χ4n) is 1.89. The van der Waals surface area contributed by atoms with Crippen molar-refractivity contribution in [1.29, 1.82) is 0 Å². The summed E-state index contributed by atoms with van der Waals surface area (Å²) >= 11 is 6.05. The van der Waals surface area contributed by atoms with Gasteiger partial charge in [0.1, 0.15) is 5.82 Å². The second kappa shape index (κ2) is 6.03. The highest BCUT2D eigenvalue weighted by atomic mass is 35.5. The average Bonchev–Trinajstić information content (AvgIpc) is 2.40. The Morgan fingerprint density at radius 2 is 1.90 bits per heavy atom. The van der Waals surface area contributed by atoms with Crippen molar-refractivity contribution in [3.63, 3.8) is 0 Å². The molecule has 3 nitrogen and oxygen atoms in total. The predicted octanol–water partition coefficient (Wildman–Crippen LogP) is 3.80. The molecule has 0 unspecified atom stereocenters. The minimum Gasteiger partial charge on any atom is -0.380 e. The zero-order chi connectivity index (χ0) is 15.6. The van der Waals surface area contributed by atoms with E-state index in [-0.39, 0.29) is 10.7 Å². The highest BCUT2D eigenvalue weighted by Gasteiger charge is 2.10. The van der Waals surface area contributed by atoms with Gasteiger partial charge in [0.2, 0.25) is 0 Å². The summed E-state index contributed by atoms with van der Waals surface area (Å²) in [7, 11) is -3.30. The molecule has 1 N–H and O–H groups in total. The van der Waals surface area contributed by atoms with Crippen LogP contribution in [0.5, 0.6) is 0 Å². The molecule has 0 amide bonds. The van der Waals surface area contributed by atoms with Gasteiger partial charge in [0.25, 0.3) is 0 Å². The molecule has 0 bridgehead atoms. The first-order valence-electron chi connectivity index (χ1n) is 6.26. The summed E-state index contributed by atoms with van der Waals surface area (Å²) in [4.78, 5) is 0.186. The number of nitrogens with one attached hydrogen (secondary N) is 1. The van der Waals surface area contributed by atoms with Crippen molar-refractivity contribution in [3.05, 3.63) is 58.4 Å². The van der Waals surface area contributed by atoms with E-state index in [0.29, 0.717) is 17.3 Å². The number of halogens is 2. The lowest BCUT2D eigenvalue weighted by atomic mass is 10.1. The Balaban J connectivity index is 2.26. The quantitative estimate of drug-likeness (QED) is 0.929. The van der Waals surface area contributed by atoms with Crippen LogP contribution < -0.4 is 5.32 Å². The standard InChI is InChI=1S/C15H15ClFNO2S/c1-10-3-4-12(17)7-11(10)9-18-15-8-13(21(2,19)20)5-6-14(15)16/h3-8,18H,9H2,1-2H3. The molecule has 0 spiro atoms. The molecule has 21 heavy (non-hydrogen) atoms. The first-order chi connectivity index (χ1) is 9.77. The van der Waals surface area contributed by atoms with E-state index in [4.69, 9.17) is 11.6 Å². The second-order valence-electron chi connectivity index (χ2n) is 4.84. The van der Waals surface area contributed by atoms with Gasteiger partial charge in [-0.3, -0.25) is 0 Å². The Morgan fingerprint density at radius 3 is 2.57 bits per heavy atom. The molecule has 0 aliphatic heterocycles. The zero-order valence-corrected chi connectivity index (χ0v) is 13.2. The van der Waals surface area contributed by atoms with Gasteiger partial charge < -0.3 is 5.32 Å².